The highest BCUT2D eigenvalue weighted by Gasteiger charge is 2.22. The summed E-state index contributed by atoms with van der Waals surface area (Å²) in [5.41, 5.74) is 8.52. The van der Waals surface area contributed by atoms with Crippen LogP contribution in [0, 0.1) is 11.8 Å². The van der Waals surface area contributed by atoms with Crippen molar-refractivity contribution in [3.8, 4) is 0 Å². The number of anilines is 1. The van der Waals surface area contributed by atoms with Gasteiger partial charge in [-0.1, -0.05) is 56.3 Å². The highest BCUT2D eigenvalue weighted by Crippen LogP contribution is 2.22. The second-order valence-corrected chi connectivity index (χ2v) is 10.8. The van der Waals surface area contributed by atoms with Crippen molar-refractivity contribution in [2.75, 3.05) is 18.9 Å². The number of amides is 1. The lowest BCUT2D eigenvalue weighted by Crippen LogP contribution is -2.41. The summed E-state index contributed by atoms with van der Waals surface area (Å²) in [6.07, 6.45) is 2.24. The van der Waals surface area contributed by atoms with Gasteiger partial charge in [-0.3, -0.25) is 4.79 Å². The van der Waals surface area contributed by atoms with Gasteiger partial charge in [0.25, 0.3) is 0 Å². The fourth-order valence-corrected chi connectivity index (χ4v) is 5.07. The molecular formula is C26H37N3O4S. The highest BCUT2D eigenvalue weighted by atomic mass is 32.2. The zero-order valence-electron chi connectivity index (χ0n) is 20.0. The van der Waals surface area contributed by atoms with Gasteiger partial charge in [0.15, 0.2) is 0 Å². The van der Waals surface area contributed by atoms with E-state index in [0.29, 0.717) is 24.4 Å². The molecule has 0 heterocycles. The highest BCUT2D eigenvalue weighted by molar-refractivity contribution is 7.89. The SMILES string of the molecule is C=C(Cc1ccc(N)cc1)CC(CC(C)C)C(=O)NCCC(CO)NS(=O)(=O)c1ccccc1. The molecule has 2 atom stereocenters. The zero-order valence-corrected chi connectivity index (χ0v) is 20.9. The Balaban J connectivity index is 1.90. The second kappa shape index (κ2) is 13.3. The summed E-state index contributed by atoms with van der Waals surface area (Å²) in [5.74, 6) is 0.0209. The first-order valence-electron chi connectivity index (χ1n) is 11.6. The Morgan fingerprint density at radius 2 is 1.74 bits per heavy atom. The zero-order chi connectivity index (χ0) is 25.1. The number of sulfonamides is 1. The molecule has 0 aromatic heterocycles. The van der Waals surface area contributed by atoms with E-state index in [-0.39, 0.29) is 36.3 Å². The molecule has 0 spiro atoms. The van der Waals surface area contributed by atoms with Gasteiger partial charge in [-0.05, 0) is 61.4 Å². The third-order valence-electron chi connectivity index (χ3n) is 5.48. The van der Waals surface area contributed by atoms with Crippen molar-refractivity contribution in [2.24, 2.45) is 11.8 Å². The molecule has 0 bridgehead atoms. The minimum Gasteiger partial charge on any atom is -0.399 e. The summed E-state index contributed by atoms with van der Waals surface area (Å²) in [5, 5.41) is 12.6. The van der Waals surface area contributed by atoms with Crippen molar-refractivity contribution in [1.29, 1.82) is 0 Å². The van der Waals surface area contributed by atoms with Crippen LogP contribution >= 0.6 is 0 Å². The van der Waals surface area contributed by atoms with Gasteiger partial charge in [0, 0.05) is 24.2 Å². The molecule has 34 heavy (non-hydrogen) atoms. The van der Waals surface area contributed by atoms with Gasteiger partial charge in [-0.15, -0.1) is 0 Å². The average molecular weight is 488 g/mol. The van der Waals surface area contributed by atoms with Gasteiger partial charge in [0.2, 0.25) is 15.9 Å². The summed E-state index contributed by atoms with van der Waals surface area (Å²) < 4.78 is 27.5. The van der Waals surface area contributed by atoms with Crippen molar-refractivity contribution in [3.05, 3.63) is 72.3 Å². The van der Waals surface area contributed by atoms with Crippen LogP contribution in [0.2, 0.25) is 0 Å². The molecule has 0 aliphatic rings. The van der Waals surface area contributed by atoms with Crippen LogP contribution in [-0.4, -0.2) is 38.6 Å². The first-order valence-corrected chi connectivity index (χ1v) is 13.1. The number of hydrogen-bond acceptors (Lipinski definition) is 5. The van der Waals surface area contributed by atoms with Crippen molar-refractivity contribution >= 4 is 21.6 Å². The smallest absolute Gasteiger partial charge is 0.240 e. The van der Waals surface area contributed by atoms with E-state index < -0.39 is 16.1 Å². The molecule has 5 N–H and O–H groups in total. The molecule has 0 radical (unpaired) electrons. The Morgan fingerprint density at radius 1 is 1.09 bits per heavy atom. The Bertz CT molecular complexity index is 1020. The predicted molar refractivity (Wildman–Crippen MR) is 137 cm³/mol. The lowest BCUT2D eigenvalue weighted by Gasteiger charge is -2.21. The number of rotatable bonds is 14. The molecule has 0 saturated heterocycles. The van der Waals surface area contributed by atoms with E-state index in [1.807, 2.05) is 24.3 Å². The third kappa shape index (κ3) is 9.29. The van der Waals surface area contributed by atoms with Crippen LogP contribution in [0.15, 0.2) is 71.6 Å². The van der Waals surface area contributed by atoms with E-state index >= 15 is 0 Å². The number of carbonyl (C=O) groups is 1. The number of nitrogens with two attached hydrogens (primary N) is 1. The number of carbonyl (C=O) groups excluding carboxylic acids is 1. The minimum absolute atomic E-state index is 0.0882. The monoisotopic (exact) mass is 487 g/mol. The van der Waals surface area contributed by atoms with E-state index in [9.17, 15) is 18.3 Å². The van der Waals surface area contributed by atoms with E-state index in [1.165, 1.54) is 12.1 Å². The molecule has 8 heteroatoms. The molecule has 0 fully saturated rings. The van der Waals surface area contributed by atoms with E-state index in [4.69, 9.17) is 5.73 Å². The van der Waals surface area contributed by atoms with Crippen molar-refractivity contribution < 1.29 is 18.3 Å². The third-order valence-corrected chi connectivity index (χ3v) is 7.02. The molecule has 0 aliphatic carbocycles. The van der Waals surface area contributed by atoms with Crippen molar-refractivity contribution in [2.45, 2.75) is 50.5 Å². The van der Waals surface area contributed by atoms with Crippen LogP contribution in [0.1, 0.15) is 38.7 Å². The largest absolute Gasteiger partial charge is 0.399 e. The van der Waals surface area contributed by atoms with Gasteiger partial charge in [-0.2, -0.15) is 0 Å². The fraction of sp³-hybridized carbons (Fsp3) is 0.423. The van der Waals surface area contributed by atoms with Crippen LogP contribution < -0.4 is 15.8 Å². The van der Waals surface area contributed by atoms with Crippen molar-refractivity contribution in [3.63, 3.8) is 0 Å². The Kier molecular flexibility index (Phi) is 10.8. The molecule has 0 saturated carbocycles. The van der Waals surface area contributed by atoms with E-state index in [0.717, 1.165) is 17.6 Å². The molecular weight excluding hydrogens is 450 g/mol. The molecule has 0 aliphatic heterocycles. The summed E-state index contributed by atoms with van der Waals surface area (Å²) in [6.45, 7) is 8.20. The van der Waals surface area contributed by atoms with E-state index in [1.54, 1.807) is 18.2 Å². The van der Waals surface area contributed by atoms with Gasteiger partial charge < -0.3 is 16.2 Å². The van der Waals surface area contributed by atoms with Gasteiger partial charge in [0.1, 0.15) is 0 Å². The summed E-state index contributed by atoms with van der Waals surface area (Å²) in [6, 6.07) is 14.9. The van der Waals surface area contributed by atoms with Crippen LogP contribution in [0.3, 0.4) is 0 Å². The Morgan fingerprint density at radius 3 is 2.32 bits per heavy atom. The number of benzene rings is 2. The summed E-state index contributed by atoms with van der Waals surface area (Å²) >= 11 is 0. The Hall–Kier alpha value is -2.68. The predicted octanol–water partition coefficient (Wildman–Crippen LogP) is 3.27. The molecule has 2 unspecified atom stereocenters. The van der Waals surface area contributed by atoms with Crippen LogP contribution in [0.4, 0.5) is 5.69 Å². The lowest BCUT2D eigenvalue weighted by molar-refractivity contribution is -0.125. The molecule has 7 nitrogen and oxygen atoms in total. The maximum Gasteiger partial charge on any atom is 0.240 e. The number of hydrogen-bond donors (Lipinski definition) is 4. The maximum absolute atomic E-state index is 12.9. The van der Waals surface area contributed by atoms with Crippen molar-refractivity contribution in [1.82, 2.24) is 10.0 Å². The van der Waals surface area contributed by atoms with Gasteiger partial charge in [-0.25, -0.2) is 13.1 Å². The minimum atomic E-state index is -3.75. The quantitative estimate of drug-likeness (QED) is 0.241. The van der Waals surface area contributed by atoms with Crippen LogP contribution in [0.5, 0.6) is 0 Å². The van der Waals surface area contributed by atoms with Crippen LogP contribution in [0.25, 0.3) is 0 Å². The van der Waals surface area contributed by atoms with Gasteiger partial charge >= 0.3 is 0 Å². The first kappa shape index (κ1) is 27.6. The molecule has 2 aromatic carbocycles. The van der Waals surface area contributed by atoms with Gasteiger partial charge in [0.05, 0.1) is 11.5 Å². The number of allylic oxidation sites excluding steroid dienone is 1. The average Bonchev–Trinajstić information content (AvgIpc) is 2.79. The lowest BCUT2D eigenvalue weighted by atomic mass is 9.88. The number of nitrogens with one attached hydrogen (secondary N) is 2. The van der Waals surface area contributed by atoms with Crippen LogP contribution in [-0.2, 0) is 21.2 Å². The molecule has 1 amide bonds. The molecule has 186 valence electrons. The Labute approximate surface area is 203 Å². The number of nitrogen functional groups attached to an aromatic ring is 1. The standard InChI is InChI=1S/C26H37N3O4S/c1-19(2)15-22(17-20(3)16-21-9-11-23(27)12-10-21)26(31)28-14-13-24(18-30)29-34(32,33)25-7-5-4-6-8-25/h4-12,19,22,24,29-30H,3,13-18,27H2,1-2H3,(H,28,31). The topological polar surface area (TPSA) is 122 Å². The second-order valence-electron chi connectivity index (χ2n) is 9.09. The van der Waals surface area contributed by atoms with E-state index in [2.05, 4.69) is 30.5 Å². The molecule has 2 aromatic rings. The fourth-order valence-electron chi connectivity index (χ4n) is 3.79. The molecule has 2 rings (SSSR count). The number of aliphatic hydroxyl groups excluding tert-OH is 1. The normalized spacial score (nSPS) is 13.4. The first-order chi connectivity index (χ1) is 16.1. The number of aliphatic hydroxyl groups is 1. The summed E-state index contributed by atoms with van der Waals surface area (Å²) in [4.78, 5) is 13.1. The maximum atomic E-state index is 12.9. The summed E-state index contributed by atoms with van der Waals surface area (Å²) in [7, 11) is -3.75.